The van der Waals surface area contributed by atoms with Crippen LogP contribution in [0.25, 0.3) is 0 Å². The second kappa shape index (κ2) is 7.06. The molecule has 1 unspecified atom stereocenters. The second-order valence-corrected chi connectivity index (χ2v) is 5.18. The van der Waals surface area contributed by atoms with E-state index in [4.69, 9.17) is 4.74 Å². The van der Waals surface area contributed by atoms with Crippen molar-refractivity contribution >= 4 is 12.0 Å². The van der Waals surface area contributed by atoms with Gasteiger partial charge in [0.05, 0.1) is 13.0 Å². The molecule has 1 aliphatic rings. The maximum Gasteiger partial charge on any atom is 0.315 e. The molecule has 1 aromatic carbocycles. The number of hydrogen-bond donors (Lipinski definition) is 2. The Hall–Kier alpha value is -2.11. The Morgan fingerprint density at radius 3 is 2.57 bits per heavy atom. The van der Waals surface area contributed by atoms with E-state index in [-0.39, 0.29) is 24.4 Å². The highest BCUT2D eigenvalue weighted by molar-refractivity contribution is 5.77. The van der Waals surface area contributed by atoms with Gasteiger partial charge in [-0.3, -0.25) is 4.79 Å². The van der Waals surface area contributed by atoms with Crippen LogP contribution in [0.15, 0.2) is 24.3 Å². The number of rotatable bonds is 6. The molecule has 21 heavy (non-hydrogen) atoms. The lowest BCUT2D eigenvalue weighted by molar-refractivity contribution is -0.145. The summed E-state index contributed by atoms with van der Waals surface area (Å²) in [6.07, 6.45) is 2.39. The largest absolute Gasteiger partial charge is 0.469 e. The number of carbonyl (C=O) groups is 2. The smallest absolute Gasteiger partial charge is 0.315 e. The van der Waals surface area contributed by atoms with Crippen LogP contribution in [0.1, 0.15) is 18.4 Å². The van der Waals surface area contributed by atoms with Crippen LogP contribution >= 0.6 is 0 Å². The molecule has 0 bridgehead atoms. The van der Waals surface area contributed by atoms with Gasteiger partial charge in [-0.1, -0.05) is 12.1 Å². The van der Waals surface area contributed by atoms with Crippen LogP contribution < -0.4 is 10.6 Å². The zero-order valence-electron chi connectivity index (χ0n) is 11.9. The van der Waals surface area contributed by atoms with E-state index >= 15 is 0 Å². The van der Waals surface area contributed by atoms with Crippen molar-refractivity contribution in [1.29, 1.82) is 0 Å². The molecule has 6 heteroatoms. The summed E-state index contributed by atoms with van der Waals surface area (Å²) >= 11 is 0. The highest BCUT2D eigenvalue weighted by Crippen LogP contribution is 2.18. The molecule has 5 nitrogen and oxygen atoms in total. The fourth-order valence-corrected chi connectivity index (χ4v) is 1.99. The minimum atomic E-state index is -0.495. The summed E-state index contributed by atoms with van der Waals surface area (Å²) in [7, 11) is 1.31. The summed E-state index contributed by atoms with van der Waals surface area (Å²) in [5, 5.41) is 5.46. The van der Waals surface area contributed by atoms with Crippen molar-refractivity contribution in [2.24, 2.45) is 5.92 Å². The van der Waals surface area contributed by atoms with Crippen LogP contribution in [-0.2, 0) is 16.0 Å². The number of nitrogens with one attached hydrogen (secondary N) is 2. The Morgan fingerprint density at radius 2 is 2.00 bits per heavy atom. The molecule has 0 saturated heterocycles. The minimum Gasteiger partial charge on any atom is -0.469 e. The molecule has 1 atom stereocenters. The first-order valence-corrected chi connectivity index (χ1v) is 6.95. The Kier molecular flexibility index (Phi) is 5.14. The summed E-state index contributed by atoms with van der Waals surface area (Å²) in [5.41, 5.74) is 0.816. The van der Waals surface area contributed by atoms with Crippen molar-refractivity contribution in [2.45, 2.75) is 25.3 Å². The maximum atomic E-state index is 12.9. The lowest BCUT2D eigenvalue weighted by Gasteiger charge is -2.16. The topological polar surface area (TPSA) is 67.4 Å². The molecule has 1 saturated carbocycles. The van der Waals surface area contributed by atoms with E-state index in [0.717, 1.165) is 18.4 Å². The number of esters is 1. The quantitative estimate of drug-likeness (QED) is 0.783. The molecular formula is C15H19FN2O3. The first-order valence-electron chi connectivity index (χ1n) is 6.95. The van der Waals surface area contributed by atoms with Gasteiger partial charge < -0.3 is 15.4 Å². The zero-order valence-corrected chi connectivity index (χ0v) is 11.9. The van der Waals surface area contributed by atoms with Crippen LogP contribution in [-0.4, -0.2) is 31.7 Å². The fraction of sp³-hybridized carbons (Fsp3) is 0.467. The predicted molar refractivity (Wildman–Crippen MR) is 75.2 cm³/mol. The van der Waals surface area contributed by atoms with Gasteiger partial charge in [-0.15, -0.1) is 0 Å². The second-order valence-electron chi connectivity index (χ2n) is 5.18. The van der Waals surface area contributed by atoms with Crippen molar-refractivity contribution < 1.29 is 18.7 Å². The predicted octanol–water partition coefficient (Wildman–Crippen LogP) is 1.62. The van der Waals surface area contributed by atoms with E-state index < -0.39 is 11.9 Å². The molecule has 0 heterocycles. The number of methoxy groups -OCH3 is 1. The molecule has 1 fully saturated rings. The van der Waals surface area contributed by atoms with Gasteiger partial charge in [0, 0.05) is 12.6 Å². The van der Waals surface area contributed by atoms with E-state index in [2.05, 4.69) is 10.6 Å². The van der Waals surface area contributed by atoms with E-state index in [1.54, 1.807) is 12.1 Å². The van der Waals surface area contributed by atoms with Gasteiger partial charge in [-0.25, -0.2) is 9.18 Å². The van der Waals surface area contributed by atoms with E-state index in [9.17, 15) is 14.0 Å². The Morgan fingerprint density at radius 1 is 1.33 bits per heavy atom. The molecule has 2 rings (SSSR count). The van der Waals surface area contributed by atoms with Crippen LogP contribution in [0, 0.1) is 11.7 Å². The zero-order chi connectivity index (χ0) is 15.2. The SMILES string of the molecule is COC(=O)C(CNC(=O)NC1CC1)Cc1ccc(F)cc1. The van der Waals surface area contributed by atoms with Gasteiger partial charge >= 0.3 is 12.0 Å². The van der Waals surface area contributed by atoms with Crippen molar-refractivity contribution in [3.63, 3.8) is 0 Å². The summed E-state index contributed by atoms with van der Waals surface area (Å²) in [6.45, 7) is 0.183. The van der Waals surface area contributed by atoms with Crippen molar-refractivity contribution in [3.05, 3.63) is 35.6 Å². The number of benzene rings is 1. The Labute approximate surface area is 122 Å². The van der Waals surface area contributed by atoms with Crippen molar-refractivity contribution in [2.75, 3.05) is 13.7 Å². The monoisotopic (exact) mass is 294 g/mol. The average Bonchev–Trinajstić information content (AvgIpc) is 3.28. The van der Waals surface area contributed by atoms with Crippen LogP contribution in [0.4, 0.5) is 9.18 Å². The minimum absolute atomic E-state index is 0.183. The summed E-state index contributed by atoms with van der Waals surface area (Å²) in [6, 6.07) is 5.92. The third kappa shape index (κ3) is 5.06. The molecule has 1 aromatic rings. The lowest BCUT2D eigenvalue weighted by atomic mass is 9.99. The molecule has 114 valence electrons. The number of halogens is 1. The summed E-state index contributed by atoms with van der Waals surface area (Å²) in [5.74, 6) is -1.22. The first-order chi connectivity index (χ1) is 10.1. The number of hydrogen-bond acceptors (Lipinski definition) is 3. The third-order valence-corrected chi connectivity index (χ3v) is 3.35. The van der Waals surface area contributed by atoms with Gasteiger partial charge in [-0.05, 0) is 37.0 Å². The summed E-state index contributed by atoms with van der Waals surface area (Å²) < 4.78 is 17.6. The van der Waals surface area contributed by atoms with E-state index in [1.165, 1.54) is 19.2 Å². The average molecular weight is 294 g/mol. The Bertz CT molecular complexity index is 500. The lowest BCUT2D eigenvalue weighted by Crippen LogP contribution is -2.41. The van der Waals surface area contributed by atoms with Crippen LogP contribution in [0.3, 0.4) is 0 Å². The summed E-state index contributed by atoms with van der Waals surface area (Å²) in [4.78, 5) is 23.3. The highest BCUT2D eigenvalue weighted by atomic mass is 19.1. The molecule has 1 aliphatic carbocycles. The molecular weight excluding hydrogens is 275 g/mol. The van der Waals surface area contributed by atoms with Crippen molar-refractivity contribution in [1.82, 2.24) is 10.6 Å². The third-order valence-electron chi connectivity index (χ3n) is 3.35. The fourth-order valence-electron chi connectivity index (χ4n) is 1.99. The molecule has 2 N–H and O–H groups in total. The van der Waals surface area contributed by atoms with Gasteiger partial charge in [-0.2, -0.15) is 0 Å². The van der Waals surface area contributed by atoms with E-state index in [1.807, 2.05) is 0 Å². The molecule has 0 aromatic heterocycles. The number of amides is 2. The number of carbonyl (C=O) groups excluding carboxylic acids is 2. The van der Waals surface area contributed by atoms with Crippen LogP contribution in [0.5, 0.6) is 0 Å². The van der Waals surface area contributed by atoms with Crippen molar-refractivity contribution in [3.8, 4) is 0 Å². The van der Waals surface area contributed by atoms with Gasteiger partial charge in [0.25, 0.3) is 0 Å². The standard InChI is InChI=1S/C15H19FN2O3/c1-21-14(19)11(8-10-2-4-12(16)5-3-10)9-17-15(20)18-13-6-7-13/h2-5,11,13H,6-9H2,1H3,(H2,17,18,20). The number of ether oxygens (including phenoxy) is 1. The van der Waals surface area contributed by atoms with Gasteiger partial charge in [0.15, 0.2) is 0 Å². The maximum absolute atomic E-state index is 12.9. The molecule has 2 amide bonds. The molecule has 0 radical (unpaired) electrons. The van der Waals surface area contributed by atoms with Gasteiger partial charge in [0.1, 0.15) is 5.82 Å². The number of urea groups is 1. The van der Waals surface area contributed by atoms with Gasteiger partial charge in [0.2, 0.25) is 0 Å². The highest BCUT2D eigenvalue weighted by Gasteiger charge is 2.25. The van der Waals surface area contributed by atoms with E-state index in [0.29, 0.717) is 6.42 Å². The molecule has 0 aliphatic heterocycles. The normalized spacial score (nSPS) is 15.1. The molecule has 0 spiro atoms. The Balaban J connectivity index is 1.88. The van der Waals surface area contributed by atoms with Crippen LogP contribution in [0.2, 0.25) is 0 Å². The first kappa shape index (κ1) is 15.3.